The van der Waals surface area contributed by atoms with Gasteiger partial charge in [-0.1, -0.05) is 83.3 Å². The van der Waals surface area contributed by atoms with Crippen molar-refractivity contribution in [1.29, 1.82) is 0 Å². The van der Waals surface area contributed by atoms with Crippen LogP contribution in [-0.4, -0.2) is 53.7 Å². The number of halogens is 17. The smallest absolute Gasteiger partial charge is 0.399 e. The average molecular weight is 1460 g/mol. The molecule has 1 amide bonds. The zero-order valence-electron chi connectivity index (χ0n) is 46.8. The topological polar surface area (TPSA) is 172 Å². The van der Waals surface area contributed by atoms with Gasteiger partial charge in [-0.2, -0.15) is 0 Å². The van der Waals surface area contributed by atoms with Crippen LogP contribution in [0.4, 0.5) is 61.0 Å². The van der Waals surface area contributed by atoms with Crippen molar-refractivity contribution in [2.45, 2.75) is 57.8 Å². The molecule has 31 heteroatoms. The fourth-order valence-corrected chi connectivity index (χ4v) is 9.14. The highest BCUT2D eigenvalue weighted by molar-refractivity contribution is 9.10. The first-order valence-electron chi connectivity index (χ1n) is 25.6. The third-order valence-corrected chi connectivity index (χ3v) is 14.9. The van der Waals surface area contributed by atoms with E-state index in [1.165, 1.54) is 48.5 Å². The third-order valence-electron chi connectivity index (χ3n) is 12.9. The van der Waals surface area contributed by atoms with Crippen LogP contribution < -0.4 is 50.7 Å². The molecule has 8 aromatic rings. The normalized spacial score (nSPS) is 15.5. The minimum Gasteiger partial charge on any atom is -0.399 e. The molecule has 4 aliphatic rings. The van der Waals surface area contributed by atoms with Crippen LogP contribution in [-0.2, 0) is 9.31 Å². The third kappa shape index (κ3) is 18.3. The van der Waals surface area contributed by atoms with Crippen LogP contribution in [0.5, 0.6) is 34.5 Å². The summed E-state index contributed by atoms with van der Waals surface area (Å²) in [6.45, 7) is 8.18. The molecule has 0 aromatic heterocycles. The first-order valence-corrected chi connectivity index (χ1v) is 29.0. The zero-order chi connectivity index (χ0) is 67.1. The Morgan fingerprint density at radius 1 is 0.495 bits per heavy atom. The molecule has 0 atom stereocenters. The molecule has 480 valence electrons. The molecule has 0 bridgehead atoms. The van der Waals surface area contributed by atoms with Gasteiger partial charge in [0.15, 0.2) is 34.5 Å². The highest BCUT2D eigenvalue weighted by Gasteiger charge is 2.52. The number of carbonyl (C=O) groups is 2. The van der Waals surface area contributed by atoms with E-state index in [9.17, 15) is 53.5 Å². The minimum atomic E-state index is -3.76. The fraction of sp³-hybridized carbons (Fsp3) is 0.167. The minimum absolute atomic E-state index is 0.0266. The van der Waals surface area contributed by atoms with Crippen molar-refractivity contribution in [2.24, 2.45) is 0 Å². The molecule has 4 aliphatic heterocycles. The lowest BCUT2D eigenvalue weighted by Crippen LogP contribution is -2.41. The molecule has 12 rings (SSSR count). The van der Waals surface area contributed by atoms with Gasteiger partial charge in [-0.15, -0.1) is 49.5 Å². The second-order valence-electron chi connectivity index (χ2n) is 19.7. The molecule has 91 heavy (non-hydrogen) atoms. The summed E-state index contributed by atoms with van der Waals surface area (Å²) in [4.78, 5) is 22.5. The Morgan fingerprint density at radius 2 is 0.813 bits per heavy atom. The van der Waals surface area contributed by atoms with Crippen LogP contribution in [0.1, 0.15) is 48.4 Å². The number of nitrogens with one attached hydrogen (secondary N) is 1. The first-order chi connectivity index (χ1) is 42.5. The summed E-state index contributed by atoms with van der Waals surface area (Å²) in [5.74, 6) is -5.34. The highest BCUT2D eigenvalue weighted by atomic mass is 79.9. The molecule has 13 nitrogen and oxygen atoms in total. The number of nitrogen functional groups attached to an aromatic ring is 2. The van der Waals surface area contributed by atoms with E-state index in [0.717, 1.165) is 53.1 Å². The van der Waals surface area contributed by atoms with E-state index in [-0.39, 0.29) is 68.9 Å². The van der Waals surface area contributed by atoms with Gasteiger partial charge in [0.25, 0.3) is 11.1 Å². The highest BCUT2D eigenvalue weighted by Crippen LogP contribution is 2.49. The molecule has 8 aromatic carbocycles. The number of nitrogens with two attached hydrogens (primary N) is 2. The van der Waals surface area contributed by atoms with Crippen molar-refractivity contribution in [3.63, 3.8) is 0 Å². The molecule has 0 unspecified atom stereocenters. The predicted octanol–water partition coefficient (Wildman–Crippen LogP) is 18.5. The van der Waals surface area contributed by atoms with Crippen molar-refractivity contribution in [2.75, 3.05) is 22.1 Å². The second kappa shape index (κ2) is 29.2. The van der Waals surface area contributed by atoms with E-state index < -0.39 is 64.4 Å². The monoisotopic (exact) mass is 1460 g/mol. The van der Waals surface area contributed by atoms with Gasteiger partial charge in [-0.25, -0.2) is 17.6 Å². The van der Waals surface area contributed by atoms with E-state index >= 15 is 0 Å². The van der Waals surface area contributed by atoms with Gasteiger partial charge in [0.1, 0.15) is 34.4 Å². The number of hydrogen-bond acceptors (Lipinski definition) is 12. The molecule has 0 radical (unpaired) electrons. The molecule has 0 saturated carbocycles. The van der Waals surface area contributed by atoms with Crippen LogP contribution in [0.3, 0.4) is 0 Å². The van der Waals surface area contributed by atoms with Gasteiger partial charge < -0.3 is 54.5 Å². The largest absolute Gasteiger partial charge is 0.586 e. The predicted molar refractivity (Wildman–Crippen MR) is 330 cm³/mol. The van der Waals surface area contributed by atoms with Crippen molar-refractivity contribution >= 4 is 126 Å². The van der Waals surface area contributed by atoms with Gasteiger partial charge >= 0.3 is 26.0 Å². The number of fused-ring (bicyclic) bond motifs is 3. The zero-order valence-corrected chi connectivity index (χ0v) is 52.9. The Hall–Kier alpha value is -7.20. The number of ether oxygens (including phenoxy) is 6. The van der Waals surface area contributed by atoms with E-state index in [0.29, 0.717) is 36.9 Å². The molecule has 0 aliphatic carbocycles. The summed E-state index contributed by atoms with van der Waals surface area (Å²) >= 11 is 35.4. The number of hydrogen-bond donors (Lipinski definition) is 3. The van der Waals surface area contributed by atoms with Crippen LogP contribution in [0.15, 0.2) is 150 Å². The van der Waals surface area contributed by atoms with E-state index in [2.05, 4.69) is 49.7 Å². The van der Waals surface area contributed by atoms with Gasteiger partial charge in [0, 0.05) is 56.9 Å². The van der Waals surface area contributed by atoms with Gasteiger partial charge in [-0.05, 0) is 145 Å². The van der Waals surface area contributed by atoms with Gasteiger partial charge in [-0.3, -0.25) is 9.59 Å². The fourth-order valence-electron chi connectivity index (χ4n) is 7.95. The molecular formula is C60H43BBrCl6F10N3O10. The summed E-state index contributed by atoms with van der Waals surface area (Å²) < 4.78 is 168. The first kappa shape index (κ1) is 71.2. The van der Waals surface area contributed by atoms with Gasteiger partial charge in [0.05, 0.1) is 31.6 Å². The maximum absolute atomic E-state index is 13.7. The van der Waals surface area contributed by atoms with Crippen molar-refractivity contribution in [3.05, 3.63) is 200 Å². The molecule has 1 fully saturated rings. The average Bonchev–Trinajstić information content (AvgIpc) is 1.70. The SMILES string of the molecule is CC1(C)OB(c2ccc(N)cc2)OC1(C)C.ClCCl.FC1(F)Oc2cc(Cl)c(Br)cc2O1.Nc1ccc(-c2cc3c(cc2Cl)OC(F)(F)O3)cc1.O=C(Cl)c1c(F)cccc1F.O=C(Nc1ccc(-c2cc3c(cc2Cl)OC(F)(F)O3)cc1)c1c(F)cccc1F. The lowest BCUT2D eigenvalue weighted by Gasteiger charge is -2.32. The van der Waals surface area contributed by atoms with Crippen molar-refractivity contribution in [1.82, 2.24) is 0 Å². The number of alkyl halides is 8. The van der Waals surface area contributed by atoms with Crippen LogP contribution in [0, 0.1) is 23.3 Å². The lowest BCUT2D eigenvalue weighted by molar-refractivity contribution is -0.287. The van der Waals surface area contributed by atoms with Crippen molar-refractivity contribution in [3.8, 4) is 56.8 Å². The van der Waals surface area contributed by atoms with Crippen LogP contribution in [0.25, 0.3) is 22.3 Å². The Kier molecular flexibility index (Phi) is 22.8. The maximum atomic E-state index is 13.7. The van der Waals surface area contributed by atoms with E-state index in [4.69, 9.17) is 90.4 Å². The molecule has 1 saturated heterocycles. The summed E-state index contributed by atoms with van der Waals surface area (Å²) in [5, 5.41) is 2.20. The molecule has 5 N–H and O–H groups in total. The quantitative estimate of drug-likeness (QED) is 0.0474. The standard InChI is InChI=1S/C20H10ClF4NO3.C13H8ClF2NO2.C12H18BNO2.C7H2BrClF2O2.C7H3ClF2O.CH2Cl2/c21-13-9-17-16(28-20(24,25)29-17)8-12(13)10-4-6-11(7-5-10)26-19(27)18-14(22)2-1-3-15(18)23;14-10-6-12-11(18-13(15,16)19-12)5-9(10)7-1-3-8(17)4-2-7;1-11(2)12(3,4)16-13(15-11)9-5-7-10(14)8-6-9;8-3-1-5-6(2-4(3)9)13-7(10,11)12-5;8-7(11)6-4(9)2-1-3-5(6)10;2-1-3/h1-9H,(H,26,27);1-6H,17H2;5-8H,14H2,1-4H3;1-2H;1-3H;1H2. The Morgan fingerprint density at radius 3 is 1.18 bits per heavy atom. The number of benzene rings is 8. The van der Waals surface area contributed by atoms with Crippen LogP contribution >= 0.6 is 85.5 Å². The van der Waals surface area contributed by atoms with E-state index in [1.54, 1.807) is 36.4 Å². The second-order valence-corrected chi connectivity index (χ2v) is 23.0. The lowest BCUT2D eigenvalue weighted by atomic mass is 9.79. The summed E-state index contributed by atoms with van der Waals surface area (Å²) in [6.07, 6.45) is -11.0. The molecule has 0 spiro atoms. The summed E-state index contributed by atoms with van der Waals surface area (Å²) in [6, 6.07) is 34.6. The van der Waals surface area contributed by atoms with Crippen LogP contribution in [0.2, 0.25) is 15.1 Å². The molecular weight excluding hydrogens is 1420 g/mol. The summed E-state index contributed by atoms with van der Waals surface area (Å²) in [5.41, 5.74) is 14.1. The Balaban J connectivity index is 0.000000167. The number of amides is 1. The number of rotatable bonds is 6. The van der Waals surface area contributed by atoms with Gasteiger partial charge in [0.2, 0.25) is 0 Å². The van der Waals surface area contributed by atoms with Crippen molar-refractivity contribution < 1.29 is 91.2 Å². The number of carbonyl (C=O) groups excluding carboxylic acids is 2. The Bertz CT molecular complexity index is 3880. The maximum Gasteiger partial charge on any atom is 0.586 e. The molecule has 4 heterocycles. The van der Waals surface area contributed by atoms with E-state index in [1.807, 2.05) is 52.0 Å². The Labute approximate surface area is 550 Å². The number of anilines is 3. The summed E-state index contributed by atoms with van der Waals surface area (Å²) in [7, 11) is -0.300.